The maximum atomic E-state index is 12.2. The lowest BCUT2D eigenvalue weighted by molar-refractivity contribution is -0.164. The van der Waals surface area contributed by atoms with Crippen molar-refractivity contribution in [1.29, 1.82) is 0 Å². The zero-order valence-electron chi connectivity index (χ0n) is 12.8. The zero-order chi connectivity index (χ0) is 16.4. The van der Waals surface area contributed by atoms with E-state index >= 15 is 0 Å². The lowest BCUT2D eigenvalue weighted by Crippen LogP contribution is -2.37. The first-order chi connectivity index (χ1) is 11.0. The molecule has 6 heteroatoms. The van der Waals surface area contributed by atoms with Crippen LogP contribution in [0.4, 0.5) is 0 Å². The molecule has 0 atom stereocenters. The monoisotopic (exact) mass is 317 g/mol. The van der Waals surface area contributed by atoms with E-state index in [1.54, 1.807) is 24.3 Å². The average Bonchev–Trinajstić information content (AvgIpc) is 3.10. The third-order valence-corrected chi connectivity index (χ3v) is 4.45. The molecule has 23 heavy (non-hydrogen) atoms. The highest BCUT2D eigenvalue weighted by atomic mass is 16.5. The van der Waals surface area contributed by atoms with Crippen LogP contribution in [0, 0.1) is 0 Å². The summed E-state index contributed by atoms with van der Waals surface area (Å²) < 4.78 is 5.10. The average molecular weight is 317 g/mol. The molecule has 1 aliphatic carbocycles. The minimum atomic E-state index is -1.35. The lowest BCUT2D eigenvalue weighted by Gasteiger charge is -2.20. The van der Waals surface area contributed by atoms with E-state index in [0.717, 1.165) is 12.8 Å². The van der Waals surface area contributed by atoms with Crippen LogP contribution in [-0.4, -0.2) is 46.5 Å². The molecular formula is C17H19NO5. The molecule has 0 unspecified atom stereocenters. The molecule has 1 aromatic rings. The van der Waals surface area contributed by atoms with Gasteiger partial charge >= 0.3 is 5.97 Å². The number of esters is 1. The number of imide groups is 1. The third-order valence-electron chi connectivity index (χ3n) is 4.45. The molecule has 0 saturated heterocycles. The summed E-state index contributed by atoms with van der Waals surface area (Å²) in [6.07, 6.45) is 2.86. The van der Waals surface area contributed by atoms with E-state index in [4.69, 9.17) is 4.74 Å². The fourth-order valence-corrected chi connectivity index (χ4v) is 3.13. The summed E-state index contributed by atoms with van der Waals surface area (Å²) in [4.78, 5) is 37.3. The van der Waals surface area contributed by atoms with Crippen LogP contribution in [0.1, 0.15) is 52.8 Å². The summed E-state index contributed by atoms with van der Waals surface area (Å²) >= 11 is 0. The van der Waals surface area contributed by atoms with Crippen LogP contribution in [0.2, 0.25) is 0 Å². The second-order valence-corrected chi connectivity index (χ2v) is 6.04. The van der Waals surface area contributed by atoms with Gasteiger partial charge in [0.2, 0.25) is 0 Å². The molecule has 1 saturated carbocycles. The molecule has 0 spiro atoms. The van der Waals surface area contributed by atoms with E-state index in [9.17, 15) is 19.5 Å². The van der Waals surface area contributed by atoms with Crippen molar-refractivity contribution in [2.45, 2.75) is 37.7 Å². The van der Waals surface area contributed by atoms with E-state index in [-0.39, 0.29) is 25.0 Å². The van der Waals surface area contributed by atoms with Gasteiger partial charge in [-0.3, -0.25) is 14.5 Å². The van der Waals surface area contributed by atoms with Crippen molar-refractivity contribution < 1.29 is 24.2 Å². The van der Waals surface area contributed by atoms with E-state index in [1.807, 2.05) is 0 Å². The van der Waals surface area contributed by atoms with Crippen LogP contribution >= 0.6 is 0 Å². The summed E-state index contributed by atoms with van der Waals surface area (Å²) in [6.45, 7) is 0.270. The van der Waals surface area contributed by atoms with Crippen molar-refractivity contribution in [3.63, 3.8) is 0 Å². The van der Waals surface area contributed by atoms with Gasteiger partial charge in [0.25, 0.3) is 11.8 Å². The summed E-state index contributed by atoms with van der Waals surface area (Å²) in [5.41, 5.74) is -0.528. The summed E-state index contributed by atoms with van der Waals surface area (Å²) in [6, 6.07) is 6.70. The van der Waals surface area contributed by atoms with Crippen molar-refractivity contribution in [3.05, 3.63) is 35.4 Å². The maximum Gasteiger partial charge on any atom is 0.338 e. The van der Waals surface area contributed by atoms with Gasteiger partial charge in [0.05, 0.1) is 17.7 Å². The van der Waals surface area contributed by atoms with Gasteiger partial charge in [-0.25, -0.2) is 4.79 Å². The van der Waals surface area contributed by atoms with Gasteiger partial charge in [-0.05, 0) is 44.2 Å². The number of rotatable bonds is 5. The molecule has 1 heterocycles. The minimum absolute atomic E-state index is 0.0779. The predicted octanol–water partition coefficient (Wildman–Crippen LogP) is 1.52. The minimum Gasteiger partial charge on any atom is -0.463 e. The quantitative estimate of drug-likeness (QED) is 0.506. The highest BCUT2D eigenvalue weighted by Crippen LogP contribution is 2.30. The Morgan fingerprint density at radius 1 is 1.13 bits per heavy atom. The Hall–Kier alpha value is -2.21. The molecular weight excluding hydrogens is 298 g/mol. The van der Waals surface area contributed by atoms with Gasteiger partial charge < -0.3 is 9.84 Å². The van der Waals surface area contributed by atoms with Gasteiger partial charge in [0.15, 0.2) is 5.60 Å². The van der Waals surface area contributed by atoms with Crippen LogP contribution in [0.5, 0.6) is 0 Å². The highest BCUT2D eigenvalue weighted by Gasteiger charge is 2.40. The Morgan fingerprint density at radius 3 is 2.26 bits per heavy atom. The lowest BCUT2D eigenvalue weighted by atomic mass is 10.0. The number of fused-ring (bicyclic) bond motifs is 1. The molecule has 1 aromatic carbocycles. The van der Waals surface area contributed by atoms with Gasteiger partial charge in [-0.15, -0.1) is 0 Å². The van der Waals surface area contributed by atoms with Crippen molar-refractivity contribution >= 4 is 17.8 Å². The molecule has 3 rings (SSSR count). The van der Waals surface area contributed by atoms with E-state index in [0.29, 0.717) is 30.4 Å². The number of aliphatic hydroxyl groups is 1. The number of nitrogens with zero attached hydrogens (tertiary/aromatic N) is 1. The number of carbonyl (C=O) groups excluding carboxylic acids is 3. The fourth-order valence-electron chi connectivity index (χ4n) is 3.13. The molecule has 2 amide bonds. The van der Waals surface area contributed by atoms with E-state index in [2.05, 4.69) is 0 Å². The van der Waals surface area contributed by atoms with Gasteiger partial charge in [0, 0.05) is 6.54 Å². The number of ether oxygens (including phenoxy) is 1. The predicted molar refractivity (Wildman–Crippen MR) is 80.8 cm³/mol. The third kappa shape index (κ3) is 2.86. The van der Waals surface area contributed by atoms with Gasteiger partial charge in [-0.2, -0.15) is 0 Å². The largest absolute Gasteiger partial charge is 0.463 e. The fraction of sp³-hybridized carbons (Fsp3) is 0.471. The standard InChI is InChI=1S/C17H19NO5/c19-14-12-6-1-2-7-13(12)15(20)18(14)10-5-11-23-16(21)17(22)8-3-4-9-17/h1-2,6-7,22H,3-5,8-11H2. The highest BCUT2D eigenvalue weighted by molar-refractivity contribution is 6.21. The molecule has 0 bridgehead atoms. The first-order valence-corrected chi connectivity index (χ1v) is 7.88. The smallest absolute Gasteiger partial charge is 0.338 e. The number of carbonyl (C=O) groups is 3. The molecule has 0 aromatic heterocycles. The number of benzene rings is 1. The Balaban J connectivity index is 1.49. The molecule has 1 fully saturated rings. The van der Waals surface area contributed by atoms with Crippen molar-refractivity contribution in [2.24, 2.45) is 0 Å². The molecule has 0 radical (unpaired) electrons. The Bertz CT molecular complexity index is 613. The van der Waals surface area contributed by atoms with Gasteiger partial charge in [-0.1, -0.05) is 12.1 Å². The molecule has 122 valence electrons. The second-order valence-electron chi connectivity index (χ2n) is 6.04. The van der Waals surface area contributed by atoms with E-state index in [1.165, 1.54) is 4.90 Å². The van der Waals surface area contributed by atoms with Crippen LogP contribution in [-0.2, 0) is 9.53 Å². The Kier molecular flexibility index (Phi) is 4.17. The molecule has 1 aliphatic heterocycles. The van der Waals surface area contributed by atoms with Gasteiger partial charge in [0.1, 0.15) is 0 Å². The van der Waals surface area contributed by atoms with Crippen LogP contribution in [0.3, 0.4) is 0 Å². The summed E-state index contributed by atoms with van der Waals surface area (Å²) in [7, 11) is 0. The van der Waals surface area contributed by atoms with Crippen LogP contribution in [0.15, 0.2) is 24.3 Å². The van der Waals surface area contributed by atoms with Crippen LogP contribution < -0.4 is 0 Å². The Labute approximate surface area is 134 Å². The first-order valence-electron chi connectivity index (χ1n) is 7.88. The molecule has 2 aliphatic rings. The number of amides is 2. The topological polar surface area (TPSA) is 83.9 Å². The van der Waals surface area contributed by atoms with Crippen LogP contribution in [0.25, 0.3) is 0 Å². The number of hydrogen-bond donors (Lipinski definition) is 1. The van der Waals surface area contributed by atoms with E-state index < -0.39 is 11.6 Å². The van der Waals surface area contributed by atoms with Crippen molar-refractivity contribution in [1.82, 2.24) is 4.90 Å². The molecule has 6 nitrogen and oxygen atoms in total. The zero-order valence-corrected chi connectivity index (χ0v) is 12.8. The SMILES string of the molecule is O=C1c2ccccc2C(=O)N1CCCOC(=O)C1(O)CCCC1. The first kappa shape index (κ1) is 15.7. The summed E-state index contributed by atoms with van der Waals surface area (Å²) in [5.74, 6) is -1.23. The molecule has 1 N–H and O–H groups in total. The maximum absolute atomic E-state index is 12.2. The second kappa shape index (κ2) is 6.12. The van der Waals surface area contributed by atoms with Crippen molar-refractivity contribution in [3.8, 4) is 0 Å². The Morgan fingerprint density at radius 2 is 1.70 bits per heavy atom. The number of hydrogen-bond acceptors (Lipinski definition) is 5. The normalized spacial score (nSPS) is 19.1. The van der Waals surface area contributed by atoms with Crippen molar-refractivity contribution in [2.75, 3.05) is 13.2 Å². The summed E-state index contributed by atoms with van der Waals surface area (Å²) in [5, 5.41) is 10.1.